The van der Waals surface area contributed by atoms with Gasteiger partial charge < -0.3 is 4.42 Å². The number of hydrogen-bond donors (Lipinski definition) is 2. The first-order valence-electron chi connectivity index (χ1n) is 2.37. The summed E-state index contributed by atoms with van der Waals surface area (Å²) in [6, 6.07) is 3.67. The summed E-state index contributed by atoms with van der Waals surface area (Å²) >= 11 is 0. The van der Waals surface area contributed by atoms with Crippen LogP contribution >= 0.6 is 0 Å². The van der Waals surface area contributed by atoms with Crippen LogP contribution in [-0.2, 0) is 4.84 Å². The summed E-state index contributed by atoms with van der Waals surface area (Å²) in [6.45, 7) is 0. The van der Waals surface area contributed by atoms with Gasteiger partial charge in [0.05, 0.1) is 19.6 Å². The molecule has 0 fully saturated rings. The molecule has 0 aliphatic rings. The summed E-state index contributed by atoms with van der Waals surface area (Å²) < 4.78 is 4.58. The Morgan fingerprint density at radius 2 is 1.89 bits per heavy atom. The SMILES string of the molecule is CONN.c1ccoc1. The Kier molecular flexibility index (Phi) is 6.49. The maximum Gasteiger partial charge on any atom is 0.0902 e. The van der Waals surface area contributed by atoms with Gasteiger partial charge in [-0.25, -0.2) is 5.84 Å². The molecule has 0 spiro atoms. The summed E-state index contributed by atoms with van der Waals surface area (Å²) in [6.07, 6.45) is 3.25. The minimum atomic E-state index is 1.44. The predicted octanol–water partition coefficient (Wildman–Crippen LogP) is 0.291. The van der Waals surface area contributed by atoms with Gasteiger partial charge in [-0.3, -0.25) is 4.84 Å². The van der Waals surface area contributed by atoms with E-state index >= 15 is 0 Å². The summed E-state index contributed by atoms with van der Waals surface area (Å²) in [5.41, 5.74) is 1.93. The van der Waals surface area contributed by atoms with Crippen molar-refractivity contribution in [3.63, 3.8) is 0 Å². The van der Waals surface area contributed by atoms with Gasteiger partial charge in [0, 0.05) is 0 Å². The Morgan fingerprint density at radius 3 is 2.00 bits per heavy atom. The van der Waals surface area contributed by atoms with Crippen LogP contribution in [-0.4, -0.2) is 7.11 Å². The molecular formula is C5H10N2O2. The van der Waals surface area contributed by atoms with Crippen LogP contribution in [0.25, 0.3) is 0 Å². The van der Waals surface area contributed by atoms with E-state index in [2.05, 4.69) is 15.1 Å². The van der Waals surface area contributed by atoms with E-state index in [1.54, 1.807) is 12.5 Å². The second kappa shape index (κ2) is 7.16. The van der Waals surface area contributed by atoms with E-state index in [1.807, 2.05) is 17.7 Å². The van der Waals surface area contributed by atoms with Crippen molar-refractivity contribution in [2.75, 3.05) is 7.11 Å². The lowest BCUT2D eigenvalue weighted by Gasteiger charge is -1.80. The van der Waals surface area contributed by atoms with Gasteiger partial charge in [-0.15, -0.1) is 5.59 Å². The lowest BCUT2D eigenvalue weighted by molar-refractivity contribution is 0.0925. The van der Waals surface area contributed by atoms with Crippen molar-refractivity contribution < 1.29 is 9.25 Å². The van der Waals surface area contributed by atoms with E-state index < -0.39 is 0 Å². The summed E-state index contributed by atoms with van der Waals surface area (Å²) in [5.74, 6) is 4.56. The summed E-state index contributed by atoms with van der Waals surface area (Å²) in [4.78, 5) is 4.07. The van der Waals surface area contributed by atoms with Gasteiger partial charge in [0.25, 0.3) is 0 Å². The highest BCUT2D eigenvalue weighted by Gasteiger charge is 1.58. The van der Waals surface area contributed by atoms with Crippen LogP contribution in [0.15, 0.2) is 29.1 Å². The molecular weight excluding hydrogens is 120 g/mol. The summed E-state index contributed by atoms with van der Waals surface area (Å²) in [7, 11) is 1.44. The van der Waals surface area contributed by atoms with Crippen LogP contribution in [0, 0.1) is 0 Å². The first-order valence-corrected chi connectivity index (χ1v) is 2.37. The van der Waals surface area contributed by atoms with Crippen LogP contribution in [0.3, 0.4) is 0 Å². The molecule has 0 aromatic carbocycles. The zero-order chi connectivity index (χ0) is 6.95. The van der Waals surface area contributed by atoms with Gasteiger partial charge in [-0.2, -0.15) is 0 Å². The number of nitrogens with two attached hydrogens (primary N) is 1. The molecule has 4 heteroatoms. The zero-order valence-corrected chi connectivity index (χ0v) is 5.20. The second-order valence-electron chi connectivity index (χ2n) is 1.12. The fraction of sp³-hybridized carbons (Fsp3) is 0.200. The van der Waals surface area contributed by atoms with Gasteiger partial charge in [0.15, 0.2) is 0 Å². The molecule has 0 aliphatic heterocycles. The van der Waals surface area contributed by atoms with Gasteiger partial charge >= 0.3 is 0 Å². The number of rotatable bonds is 1. The van der Waals surface area contributed by atoms with Crippen LogP contribution in [0.1, 0.15) is 0 Å². The predicted molar refractivity (Wildman–Crippen MR) is 33.0 cm³/mol. The minimum absolute atomic E-state index is 1.44. The first kappa shape index (κ1) is 8.16. The standard InChI is InChI=1S/C4H4O.CH6N2O/c1-2-4-5-3-1;1-4-3-2/h1-4H;3H,2H2,1H3. The molecule has 0 radical (unpaired) electrons. The Balaban J connectivity index is 0.000000148. The smallest absolute Gasteiger partial charge is 0.0902 e. The van der Waals surface area contributed by atoms with E-state index in [0.29, 0.717) is 0 Å². The Bertz CT molecular complexity index is 88.5. The van der Waals surface area contributed by atoms with Gasteiger partial charge in [0.2, 0.25) is 0 Å². The van der Waals surface area contributed by atoms with Crippen molar-refractivity contribution in [3.05, 3.63) is 24.7 Å². The number of furan rings is 1. The van der Waals surface area contributed by atoms with E-state index in [4.69, 9.17) is 0 Å². The molecule has 4 nitrogen and oxygen atoms in total. The quantitative estimate of drug-likeness (QED) is 0.423. The highest BCUT2D eigenvalue weighted by atomic mass is 16.7. The van der Waals surface area contributed by atoms with Crippen molar-refractivity contribution in [1.29, 1.82) is 0 Å². The van der Waals surface area contributed by atoms with Crippen molar-refractivity contribution in [1.82, 2.24) is 5.59 Å². The average molecular weight is 130 g/mol. The fourth-order valence-corrected chi connectivity index (χ4v) is 0.227. The van der Waals surface area contributed by atoms with Crippen molar-refractivity contribution >= 4 is 0 Å². The molecule has 1 rings (SSSR count). The molecule has 1 heterocycles. The highest BCUT2D eigenvalue weighted by molar-refractivity contribution is 4.79. The van der Waals surface area contributed by atoms with Crippen molar-refractivity contribution in [3.8, 4) is 0 Å². The van der Waals surface area contributed by atoms with E-state index in [0.717, 1.165) is 0 Å². The molecule has 0 unspecified atom stereocenters. The van der Waals surface area contributed by atoms with Gasteiger partial charge in [-0.05, 0) is 12.1 Å². The van der Waals surface area contributed by atoms with E-state index in [9.17, 15) is 0 Å². The summed E-state index contributed by atoms with van der Waals surface area (Å²) in [5, 5.41) is 0. The van der Waals surface area contributed by atoms with Crippen LogP contribution in [0.4, 0.5) is 0 Å². The van der Waals surface area contributed by atoms with Crippen LogP contribution in [0.5, 0.6) is 0 Å². The molecule has 0 bridgehead atoms. The topological polar surface area (TPSA) is 60.4 Å². The maximum absolute atomic E-state index is 4.58. The third kappa shape index (κ3) is 7.16. The number of nitrogens with one attached hydrogen (secondary N) is 1. The van der Waals surface area contributed by atoms with E-state index in [1.165, 1.54) is 7.11 Å². The molecule has 0 aliphatic carbocycles. The monoisotopic (exact) mass is 130 g/mol. The maximum atomic E-state index is 4.58. The van der Waals surface area contributed by atoms with Gasteiger partial charge in [-0.1, -0.05) is 0 Å². The first-order chi connectivity index (χ1) is 4.41. The zero-order valence-electron chi connectivity index (χ0n) is 5.20. The molecule has 52 valence electrons. The van der Waals surface area contributed by atoms with Crippen LogP contribution in [0.2, 0.25) is 0 Å². The molecule has 0 amide bonds. The molecule has 9 heavy (non-hydrogen) atoms. The molecule has 1 aromatic rings. The normalized spacial score (nSPS) is 7.78. The Hall–Kier alpha value is -0.840. The molecule has 0 atom stereocenters. The fourth-order valence-electron chi connectivity index (χ4n) is 0.227. The van der Waals surface area contributed by atoms with E-state index in [-0.39, 0.29) is 0 Å². The third-order valence-electron chi connectivity index (χ3n) is 0.543. The lowest BCUT2D eigenvalue weighted by atomic mass is 10.7. The molecule has 0 saturated heterocycles. The van der Waals surface area contributed by atoms with Gasteiger partial charge in [0.1, 0.15) is 0 Å². The Morgan fingerprint density at radius 1 is 1.44 bits per heavy atom. The largest absolute Gasteiger partial charge is 0.473 e. The Labute approximate surface area is 53.5 Å². The van der Waals surface area contributed by atoms with Crippen molar-refractivity contribution in [2.24, 2.45) is 5.84 Å². The lowest BCUT2D eigenvalue weighted by Crippen LogP contribution is -2.19. The van der Waals surface area contributed by atoms with Crippen LogP contribution < -0.4 is 11.4 Å². The third-order valence-corrected chi connectivity index (χ3v) is 0.543. The average Bonchev–Trinajstić information content (AvgIpc) is 2.43. The molecule has 3 N–H and O–H groups in total. The molecule has 0 saturated carbocycles. The van der Waals surface area contributed by atoms with Crippen molar-refractivity contribution in [2.45, 2.75) is 0 Å². The second-order valence-corrected chi connectivity index (χ2v) is 1.12. The minimum Gasteiger partial charge on any atom is -0.473 e. The molecule has 1 aromatic heterocycles. The number of hydrazine groups is 1. The highest BCUT2D eigenvalue weighted by Crippen LogP contribution is 1.79. The number of hydrogen-bond acceptors (Lipinski definition) is 4.